The predicted octanol–water partition coefficient (Wildman–Crippen LogP) is 0.735. The first-order valence-electron chi connectivity index (χ1n) is 9.29. The van der Waals surface area contributed by atoms with E-state index >= 15 is 0 Å². The summed E-state index contributed by atoms with van der Waals surface area (Å²) in [6, 6.07) is 1.96. The fourth-order valence-corrected chi connectivity index (χ4v) is 3.55. The molecule has 2 aliphatic heterocycles. The van der Waals surface area contributed by atoms with Gasteiger partial charge in [0.05, 0.1) is 0 Å². The van der Waals surface area contributed by atoms with E-state index in [1.165, 1.54) is 6.33 Å². The summed E-state index contributed by atoms with van der Waals surface area (Å²) >= 11 is 0. The van der Waals surface area contributed by atoms with E-state index in [2.05, 4.69) is 26.8 Å². The number of nitrogens with zero attached hydrogens (tertiary/aromatic N) is 5. The van der Waals surface area contributed by atoms with Crippen molar-refractivity contribution >= 4 is 5.91 Å². The van der Waals surface area contributed by atoms with Crippen LogP contribution in [-0.2, 0) is 4.74 Å². The second kappa shape index (κ2) is 9.22. The molecular formula is C18H29N5O2. The molecule has 7 heteroatoms. The van der Waals surface area contributed by atoms with E-state index in [1.54, 1.807) is 12.3 Å². The van der Waals surface area contributed by atoms with Crippen LogP contribution in [0.1, 0.15) is 29.8 Å². The van der Waals surface area contributed by atoms with Crippen LogP contribution in [0.5, 0.6) is 0 Å². The minimum absolute atomic E-state index is 0.0210. The number of rotatable bonds is 6. The van der Waals surface area contributed by atoms with Crippen LogP contribution in [0.4, 0.5) is 0 Å². The summed E-state index contributed by atoms with van der Waals surface area (Å²) in [5, 5.41) is 0. The summed E-state index contributed by atoms with van der Waals surface area (Å²) < 4.78 is 5.47. The van der Waals surface area contributed by atoms with Gasteiger partial charge in [0, 0.05) is 58.2 Å². The summed E-state index contributed by atoms with van der Waals surface area (Å²) in [5.74, 6) is 0.0210. The Balaban J connectivity index is 1.57. The van der Waals surface area contributed by atoms with Crippen molar-refractivity contribution in [1.82, 2.24) is 24.7 Å². The summed E-state index contributed by atoms with van der Waals surface area (Å²) in [5.41, 5.74) is 0.487. The largest absolute Gasteiger partial charge is 0.381 e. The zero-order valence-corrected chi connectivity index (χ0v) is 15.1. The number of amides is 1. The molecule has 1 amide bonds. The van der Waals surface area contributed by atoms with Crippen LogP contribution in [-0.4, -0.2) is 96.1 Å². The van der Waals surface area contributed by atoms with Crippen LogP contribution in [0.2, 0.25) is 0 Å². The summed E-state index contributed by atoms with van der Waals surface area (Å²) in [6.45, 7) is 7.78. The number of carbonyl (C=O) groups is 1. The number of aromatic nitrogens is 2. The highest BCUT2D eigenvalue weighted by atomic mass is 16.5. The average molecular weight is 347 g/mol. The normalized spacial score (nSPS) is 20.5. The molecular weight excluding hydrogens is 318 g/mol. The van der Waals surface area contributed by atoms with E-state index in [0.29, 0.717) is 5.69 Å². The molecule has 2 saturated heterocycles. The Morgan fingerprint density at radius 1 is 1.28 bits per heavy atom. The van der Waals surface area contributed by atoms with E-state index in [1.807, 2.05) is 4.90 Å². The fourth-order valence-electron chi connectivity index (χ4n) is 3.55. The van der Waals surface area contributed by atoms with Crippen LogP contribution in [0.25, 0.3) is 0 Å². The second-order valence-corrected chi connectivity index (χ2v) is 6.94. The zero-order chi connectivity index (χ0) is 17.5. The number of piperazine rings is 1. The van der Waals surface area contributed by atoms with Gasteiger partial charge in [-0.1, -0.05) is 0 Å². The molecule has 0 spiro atoms. The molecule has 0 radical (unpaired) electrons. The highest BCUT2D eigenvalue weighted by Crippen LogP contribution is 2.17. The van der Waals surface area contributed by atoms with Gasteiger partial charge in [0.1, 0.15) is 12.0 Å². The number of likely N-dealkylation sites (N-methyl/N-ethyl adjacent to an activating group) is 1. The smallest absolute Gasteiger partial charge is 0.272 e. The summed E-state index contributed by atoms with van der Waals surface area (Å²) in [4.78, 5) is 27.9. The van der Waals surface area contributed by atoms with Crippen molar-refractivity contribution in [1.29, 1.82) is 0 Å². The van der Waals surface area contributed by atoms with Crippen LogP contribution in [0.15, 0.2) is 18.6 Å². The Hall–Kier alpha value is -1.57. The van der Waals surface area contributed by atoms with Gasteiger partial charge in [-0.15, -0.1) is 0 Å². The van der Waals surface area contributed by atoms with E-state index in [0.717, 1.165) is 71.7 Å². The molecule has 0 aromatic carbocycles. The number of carbonyl (C=O) groups excluding carboxylic acids is 1. The van der Waals surface area contributed by atoms with Gasteiger partial charge in [-0.05, 0) is 38.9 Å². The summed E-state index contributed by atoms with van der Waals surface area (Å²) in [6.07, 6.45) is 5.89. The number of ether oxygens (including phenoxy) is 1. The van der Waals surface area contributed by atoms with E-state index in [4.69, 9.17) is 4.74 Å². The number of hydrogen-bond acceptors (Lipinski definition) is 6. The van der Waals surface area contributed by atoms with Crippen molar-refractivity contribution < 1.29 is 9.53 Å². The van der Waals surface area contributed by atoms with Gasteiger partial charge in [0.2, 0.25) is 0 Å². The lowest BCUT2D eigenvalue weighted by Crippen LogP contribution is -2.47. The lowest BCUT2D eigenvalue weighted by molar-refractivity contribution is 0.0272. The number of hydrogen-bond donors (Lipinski definition) is 0. The van der Waals surface area contributed by atoms with Crippen molar-refractivity contribution in [3.05, 3.63) is 24.3 Å². The molecule has 2 fully saturated rings. The van der Waals surface area contributed by atoms with E-state index in [9.17, 15) is 4.79 Å². The molecule has 0 unspecified atom stereocenters. The first-order chi connectivity index (χ1) is 12.2. The Morgan fingerprint density at radius 3 is 2.72 bits per heavy atom. The minimum Gasteiger partial charge on any atom is -0.381 e. The summed E-state index contributed by atoms with van der Waals surface area (Å²) in [7, 11) is 2.17. The molecule has 3 heterocycles. The van der Waals surface area contributed by atoms with Crippen LogP contribution >= 0.6 is 0 Å². The van der Waals surface area contributed by atoms with Crippen molar-refractivity contribution in [2.24, 2.45) is 0 Å². The molecule has 1 aromatic heterocycles. The van der Waals surface area contributed by atoms with Crippen LogP contribution in [0.3, 0.4) is 0 Å². The first kappa shape index (κ1) is 18.2. The molecule has 2 aliphatic rings. The molecule has 0 aliphatic carbocycles. The maximum absolute atomic E-state index is 12.9. The molecule has 7 nitrogen and oxygen atoms in total. The Morgan fingerprint density at radius 2 is 2.04 bits per heavy atom. The SMILES string of the molecule is CN1CCN(CCCN(C(=O)c2ccncn2)C2CCOCC2)CC1. The third-order valence-corrected chi connectivity index (χ3v) is 5.16. The molecule has 0 N–H and O–H groups in total. The van der Waals surface area contributed by atoms with Crippen molar-refractivity contribution in [3.63, 3.8) is 0 Å². The third-order valence-electron chi connectivity index (χ3n) is 5.16. The van der Waals surface area contributed by atoms with Crippen LogP contribution < -0.4 is 0 Å². The monoisotopic (exact) mass is 347 g/mol. The maximum atomic E-state index is 12.9. The van der Waals surface area contributed by atoms with Crippen molar-refractivity contribution in [2.75, 3.05) is 59.5 Å². The Kier molecular flexibility index (Phi) is 6.72. The lowest BCUT2D eigenvalue weighted by Gasteiger charge is -2.36. The van der Waals surface area contributed by atoms with Crippen LogP contribution in [0, 0.1) is 0 Å². The topological polar surface area (TPSA) is 61.8 Å². The van der Waals surface area contributed by atoms with Gasteiger partial charge >= 0.3 is 0 Å². The molecule has 138 valence electrons. The van der Waals surface area contributed by atoms with Gasteiger partial charge < -0.3 is 19.4 Å². The van der Waals surface area contributed by atoms with Gasteiger partial charge in [0.25, 0.3) is 5.91 Å². The van der Waals surface area contributed by atoms with Crippen molar-refractivity contribution in [2.45, 2.75) is 25.3 Å². The maximum Gasteiger partial charge on any atom is 0.272 e. The van der Waals surface area contributed by atoms with Crippen molar-refractivity contribution in [3.8, 4) is 0 Å². The second-order valence-electron chi connectivity index (χ2n) is 6.94. The molecule has 3 rings (SSSR count). The minimum atomic E-state index is 0.0210. The molecule has 1 aromatic rings. The molecule has 0 atom stereocenters. The fraction of sp³-hybridized carbons (Fsp3) is 0.722. The molecule has 0 saturated carbocycles. The third kappa shape index (κ3) is 5.20. The highest BCUT2D eigenvalue weighted by Gasteiger charge is 2.27. The van der Waals surface area contributed by atoms with Gasteiger partial charge in [-0.3, -0.25) is 4.79 Å². The molecule has 0 bridgehead atoms. The Labute approximate surface area is 150 Å². The van der Waals surface area contributed by atoms with E-state index in [-0.39, 0.29) is 11.9 Å². The standard InChI is InChI=1S/C18H29N5O2/c1-21-9-11-22(12-10-21)7-2-8-23(16-4-13-25-14-5-16)18(24)17-3-6-19-15-20-17/h3,6,15-16H,2,4-5,7-14H2,1H3. The quantitative estimate of drug-likeness (QED) is 0.756. The molecule has 25 heavy (non-hydrogen) atoms. The first-order valence-corrected chi connectivity index (χ1v) is 9.29. The van der Waals surface area contributed by atoms with Gasteiger partial charge in [-0.25, -0.2) is 9.97 Å². The average Bonchev–Trinajstić information content (AvgIpc) is 2.67. The van der Waals surface area contributed by atoms with Gasteiger partial charge in [-0.2, -0.15) is 0 Å². The zero-order valence-electron chi connectivity index (χ0n) is 15.1. The Bertz CT molecular complexity index is 528. The van der Waals surface area contributed by atoms with E-state index < -0.39 is 0 Å². The highest BCUT2D eigenvalue weighted by molar-refractivity contribution is 5.92. The van der Waals surface area contributed by atoms with Gasteiger partial charge in [0.15, 0.2) is 0 Å². The predicted molar refractivity (Wildman–Crippen MR) is 95.5 cm³/mol. The lowest BCUT2D eigenvalue weighted by atomic mass is 10.1.